The minimum Gasteiger partial charge on any atom is -0.481 e. The number of rotatable bonds is 17. The Labute approximate surface area is 581 Å². The van der Waals surface area contributed by atoms with Crippen molar-refractivity contribution in [2.45, 2.75) is 174 Å². The SMILES string of the molecule is CC(C)(C)OC(=O)N1CCNCC1.Cc1nc2n(c(=O)c1CCN1CCC(c3noc4cc(F)ccc34)CC1)CCCC2OCC(=O)N1CCC(C(=O)CC(=O)O)CC1.Cc1nc2n(c(=O)c1CCN1CCC(c3noc4cc(F)ccc34)CC1)CCCC2OCC(=O)O.O=C1CCC(=O)O1. The first-order valence-electron chi connectivity index (χ1n) is 35.0. The molecule has 5 saturated heterocycles. The molecular formula is C71H91F2N11O17. The first-order valence-corrected chi connectivity index (χ1v) is 35.0. The Bertz CT molecular complexity index is 4060. The molecule has 2 atom stereocenters. The molecule has 30 heteroatoms. The number of esters is 2. The lowest BCUT2D eigenvalue weighted by Gasteiger charge is -2.32. The normalized spacial score (nSPS) is 19.4. The molecule has 28 nitrogen and oxygen atoms in total. The topological polar surface area (TPSA) is 344 Å². The van der Waals surface area contributed by atoms with E-state index >= 15 is 0 Å². The zero-order valence-corrected chi connectivity index (χ0v) is 58.0. The van der Waals surface area contributed by atoms with Crippen LogP contribution < -0.4 is 16.4 Å². The van der Waals surface area contributed by atoms with Crippen molar-refractivity contribution in [2.75, 3.05) is 91.8 Å². The molecule has 2 aromatic carbocycles. The molecule has 11 heterocycles. The highest BCUT2D eigenvalue weighted by molar-refractivity contribution is 5.96. The van der Waals surface area contributed by atoms with Gasteiger partial charge < -0.3 is 63.1 Å². The van der Waals surface area contributed by atoms with Gasteiger partial charge in [-0.2, -0.15) is 0 Å². The highest BCUT2D eigenvalue weighted by atomic mass is 19.1. The third-order valence-electron chi connectivity index (χ3n) is 19.5. The van der Waals surface area contributed by atoms with Crippen LogP contribution in [0.4, 0.5) is 13.6 Å². The minimum atomic E-state index is -1.13. The molecule has 546 valence electrons. The van der Waals surface area contributed by atoms with Crippen molar-refractivity contribution in [3.8, 4) is 0 Å². The minimum absolute atomic E-state index is 0.0488. The number of carboxylic acid groups (broad SMARTS) is 2. The molecule has 2 unspecified atom stereocenters. The maximum Gasteiger partial charge on any atom is 0.410 e. The maximum absolute atomic E-state index is 13.6. The zero-order chi connectivity index (χ0) is 72.1. The van der Waals surface area contributed by atoms with Gasteiger partial charge in [0.1, 0.15) is 66.5 Å². The van der Waals surface area contributed by atoms with E-state index in [4.69, 9.17) is 38.5 Å². The summed E-state index contributed by atoms with van der Waals surface area (Å²) in [5.74, 6) is -2.85. The molecule has 0 spiro atoms. The number of aromatic nitrogens is 6. The number of ketones is 1. The number of Topliss-reactive ketones (excluding diaryl/α,β-unsaturated/α-hetero) is 1. The van der Waals surface area contributed by atoms with Crippen molar-refractivity contribution in [2.24, 2.45) is 5.92 Å². The fourth-order valence-electron chi connectivity index (χ4n) is 14.0. The van der Waals surface area contributed by atoms with Gasteiger partial charge in [0.2, 0.25) is 5.91 Å². The number of nitrogens with zero attached hydrogens (tertiary/aromatic N) is 10. The molecule has 101 heavy (non-hydrogen) atoms. The summed E-state index contributed by atoms with van der Waals surface area (Å²) in [6.07, 6.45) is 7.44. The largest absolute Gasteiger partial charge is 0.481 e. The molecule has 7 aliphatic rings. The summed E-state index contributed by atoms with van der Waals surface area (Å²) >= 11 is 0. The number of likely N-dealkylation sites (tertiary alicyclic amines) is 3. The number of aliphatic carboxylic acids is 2. The van der Waals surface area contributed by atoms with Gasteiger partial charge >= 0.3 is 30.0 Å². The number of ether oxygens (including phenoxy) is 4. The third kappa shape index (κ3) is 19.9. The van der Waals surface area contributed by atoms with Crippen molar-refractivity contribution in [3.63, 3.8) is 0 Å². The number of fused-ring (bicyclic) bond motifs is 4. The second-order valence-electron chi connectivity index (χ2n) is 27.7. The number of halogens is 2. The van der Waals surface area contributed by atoms with Crippen LogP contribution in [0.15, 0.2) is 55.0 Å². The van der Waals surface area contributed by atoms with Crippen LogP contribution in [0.25, 0.3) is 21.9 Å². The predicted molar refractivity (Wildman–Crippen MR) is 360 cm³/mol. The molecule has 0 saturated carbocycles. The number of piperidine rings is 3. The van der Waals surface area contributed by atoms with E-state index in [1.54, 1.807) is 31.1 Å². The Morgan fingerprint density at radius 3 is 1.49 bits per heavy atom. The summed E-state index contributed by atoms with van der Waals surface area (Å²) in [5, 5.41) is 31.2. The number of cyclic esters (lactones) is 2. The molecule has 0 aliphatic carbocycles. The third-order valence-corrected chi connectivity index (χ3v) is 19.5. The molecule has 2 amide bonds. The lowest BCUT2D eigenvalue weighted by molar-refractivity contribution is -0.152. The van der Waals surface area contributed by atoms with Crippen LogP contribution in [-0.4, -0.2) is 198 Å². The fourth-order valence-corrected chi connectivity index (χ4v) is 14.0. The van der Waals surface area contributed by atoms with E-state index in [0.29, 0.717) is 110 Å². The highest BCUT2D eigenvalue weighted by Gasteiger charge is 2.34. The molecule has 7 aliphatic heterocycles. The Morgan fingerprint density at radius 1 is 0.594 bits per heavy atom. The van der Waals surface area contributed by atoms with E-state index in [0.717, 1.165) is 126 Å². The van der Waals surface area contributed by atoms with Gasteiger partial charge in [0.25, 0.3) is 11.1 Å². The summed E-state index contributed by atoms with van der Waals surface area (Å²) in [4.78, 5) is 123. The number of nitrogens with one attached hydrogen (secondary N) is 1. The standard InChI is InChI=1S/C33H40FN5O7.C25H29FN4O5.C9H18N2O2.C4H4O3/c1-20-24(10-14-37-12-6-22(7-13-37)31-25-5-4-23(34)17-28(25)46-36-31)33(44)39-11-2-3-27(32(39)35-20)45-19-29(41)38-15-8-21(9-16-38)26(40)18-30(42)43;1-15-18(25(33)30-9-2-3-20(24(30)27-15)34-14-22(31)32)8-12-29-10-6-16(7-11-29)23-19-5-4-17(26)13-21(19)35-28-23;1-9(2,3)13-8(12)11-6-4-10-5-7-11;5-3-1-2-4(6)7-3/h4-5,17,21-22,27H,2-3,6-16,18-19H2,1H3,(H,42,43);4-5,13,16,20H,2-3,6-12,14H2,1H3,(H,31,32);10H,4-7H2,1-3H3;1-2H2. The number of benzene rings is 2. The van der Waals surface area contributed by atoms with E-state index < -0.39 is 49.1 Å². The zero-order valence-electron chi connectivity index (χ0n) is 58.0. The van der Waals surface area contributed by atoms with Crippen molar-refractivity contribution < 1.29 is 80.5 Å². The van der Waals surface area contributed by atoms with Crippen LogP contribution >= 0.6 is 0 Å². The van der Waals surface area contributed by atoms with Crippen molar-refractivity contribution >= 4 is 63.6 Å². The number of hydrogen-bond donors (Lipinski definition) is 3. The number of carboxylic acids is 2. The van der Waals surface area contributed by atoms with Crippen LogP contribution in [0.5, 0.6) is 0 Å². The Kier molecular flexibility index (Phi) is 25.5. The number of amides is 2. The fraction of sp³-hybridized carbons (Fsp3) is 0.592. The van der Waals surface area contributed by atoms with Crippen molar-refractivity contribution in [3.05, 3.63) is 114 Å². The second kappa shape index (κ2) is 34.3. The summed E-state index contributed by atoms with van der Waals surface area (Å²) in [5.41, 5.74) is 5.02. The lowest BCUT2D eigenvalue weighted by Crippen LogP contribution is -2.48. The van der Waals surface area contributed by atoms with Crippen LogP contribution in [0.1, 0.15) is 174 Å². The Hall–Kier alpha value is -8.71. The van der Waals surface area contributed by atoms with Crippen LogP contribution in [0.2, 0.25) is 0 Å². The average molecular weight is 1410 g/mol. The van der Waals surface area contributed by atoms with Gasteiger partial charge in [-0.25, -0.2) is 28.3 Å². The molecular weight excluding hydrogens is 1320 g/mol. The van der Waals surface area contributed by atoms with Gasteiger partial charge in [0.05, 0.1) is 24.2 Å². The summed E-state index contributed by atoms with van der Waals surface area (Å²) < 4.78 is 61.9. The van der Waals surface area contributed by atoms with Gasteiger partial charge in [-0.3, -0.25) is 42.7 Å². The summed E-state index contributed by atoms with van der Waals surface area (Å²) in [6.45, 7) is 18.9. The highest BCUT2D eigenvalue weighted by Crippen LogP contribution is 2.36. The lowest BCUT2D eigenvalue weighted by atomic mass is 9.91. The van der Waals surface area contributed by atoms with Gasteiger partial charge in [-0.05, 0) is 162 Å². The molecule has 4 aromatic heterocycles. The Balaban J connectivity index is 0.000000174. The predicted octanol–water partition coefficient (Wildman–Crippen LogP) is 7.25. The van der Waals surface area contributed by atoms with Crippen LogP contribution in [0.3, 0.4) is 0 Å². The monoisotopic (exact) mass is 1410 g/mol. The molecule has 6 aromatic rings. The van der Waals surface area contributed by atoms with E-state index in [9.17, 15) is 51.9 Å². The number of hydrogen-bond acceptors (Lipinski definition) is 22. The summed E-state index contributed by atoms with van der Waals surface area (Å²) in [6, 6.07) is 9.08. The smallest absolute Gasteiger partial charge is 0.410 e. The van der Waals surface area contributed by atoms with E-state index in [1.165, 1.54) is 24.3 Å². The number of piperazine rings is 1. The van der Waals surface area contributed by atoms with E-state index in [1.807, 2.05) is 34.6 Å². The quantitative estimate of drug-likeness (QED) is 0.0597. The summed E-state index contributed by atoms with van der Waals surface area (Å²) in [7, 11) is 0. The van der Waals surface area contributed by atoms with E-state index in [2.05, 4.69) is 35.2 Å². The molecule has 0 bridgehead atoms. The first kappa shape index (κ1) is 75.0. The van der Waals surface area contributed by atoms with Gasteiger partial charge in [-0.1, -0.05) is 10.3 Å². The molecule has 0 radical (unpaired) electrons. The molecule has 13 rings (SSSR count). The van der Waals surface area contributed by atoms with Gasteiger partial charge in [-0.15, -0.1) is 0 Å². The van der Waals surface area contributed by atoms with E-state index in [-0.39, 0.29) is 83.3 Å². The molecule has 3 N–H and O–H groups in total. The molecule has 5 fully saturated rings. The van der Waals surface area contributed by atoms with Crippen LogP contribution in [-0.2, 0) is 73.6 Å². The van der Waals surface area contributed by atoms with Gasteiger partial charge in [0, 0.05) is 129 Å². The van der Waals surface area contributed by atoms with Crippen molar-refractivity contribution in [1.82, 2.24) is 54.3 Å². The van der Waals surface area contributed by atoms with Crippen LogP contribution in [0, 0.1) is 31.4 Å². The van der Waals surface area contributed by atoms with Gasteiger partial charge in [0.15, 0.2) is 11.2 Å². The maximum atomic E-state index is 13.6. The number of carbonyl (C=O) groups excluding carboxylic acids is 5. The average Bonchev–Trinajstić information content (AvgIpc) is 0.935. The first-order chi connectivity index (χ1) is 48.4. The number of aryl methyl sites for hydroxylation is 2. The number of carbonyl (C=O) groups is 7. The Morgan fingerprint density at radius 2 is 1.06 bits per heavy atom. The second-order valence-corrected chi connectivity index (χ2v) is 27.7. The van der Waals surface area contributed by atoms with Crippen molar-refractivity contribution in [1.29, 1.82) is 0 Å².